The van der Waals surface area contributed by atoms with Crippen LogP contribution in [0.5, 0.6) is 0 Å². The summed E-state index contributed by atoms with van der Waals surface area (Å²) < 4.78 is 5.53. The number of rotatable bonds is 9. The van der Waals surface area contributed by atoms with Gasteiger partial charge in [-0.3, -0.25) is 0 Å². The van der Waals surface area contributed by atoms with Gasteiger partial charge in [0.15, 0.2) is 0 Å². The number of nitrogens with one attached hydrogen (secondary N) is 1. The fourth-order valence-corrected chi connectivity index (χ4v) is 2.90. The molecule has 0 bridgehead atoms. The standard InChI is InChI=1S/C17H36N2O/c1-15(2)20-14-6-11-18-12-13-19(5)16-7-9-17(3,4)10-8-16/h15-16,18H,6-14H2,1-5H3. The maximum Gasteiger partial charge on any atom is 0.0518 e. The molecule has 0 aromatic carbocycles. The molecule has 3 heteroatoms. The van der Waals surface area contributed by atoms with Crippen LogP contribution in [0, 0.1) is 5.41 Å². The van der Waals surface area contributed by atoms with Crippen LogP contribution in [0.4, 0.5) is 0 Å². The molecule has 0 radical (unpaired) electrons. The van der Waals surface area contributed by atoms with Crippen molar-refractivity contribution in [2.75, 3.05) is 33.3 Å². The van der Waals surface area contributed by atoms with Crippen molar-refractivity contribution in [3.63, 3.8) is 0 Å². The molecule has 0 heterocycles. The molecule has 0 atom stereocenters. The fourth-order valence-electron chi connectivity index (χ4n) is 2.90. The van der Waals surface area contributed by atoms with Crippen LogP contribution in [0.15, 0.2) is 0 Å². The number of likely N-dealkylation sites (N-methyl/N-ethyl adjacent to an activating group) is 1. The molecule has 120 valence electrons. The van der Waals surface area contributed by atoms with Crippen molar-refractivity contribution >= 4 is 0 Å². The van der Waals surface area contributed by atoms with Crippen molar-refractivity contribution in [1.29, 1.82) is 0 Å². The van der Waals surface area contributed by atoms with Crippen molar-refractivity contribution in [2.45, 2.75) is 71.9 Å². The number of ether oxygens (including phenoxy) is 1. The van der Waals surface area contributed by atoms with Crippen molar-refractivity contribution in [3.05, 3.63) is 0 Å². The van der Waals surface area contributed by atoms with Crippen LogP contribution in [0.25, 0.3) is 0 Å². The van der Waals surface area contributed by atoms with Gasteiger partial charge in [0, 0.05) is 25.7 Å². The molecule has 1 fully saturated rings. The third-order valence-corrected chi connectivity index (χ3v) is 4.52. The Morgan fingerprint density at radius 3 is 2.45 bits per heavy atom. The summed E-state index contributed by atoms with van der Waals surface area (Å²) >= 11 is 0. The van der Waals surface area contributed by atoms with Crippen molar-refractivity contribution in [1.82, 2.24) is 10.2 Å². The lowest BCUT2D eigenvalue weighted by Gasteiger charge is -2.38. The molecule has 0 spiro atoms. The van der Waals surface area contributed by atoms with Gasteiger partial charge < -0.3 is 15.0 Å². The summed E-state index contributed by atoms with van der Waals surface area (Å²) in [5.74, 6) is 0. The Balaban J connectivity index is 1.99. The van der Waals surface area contributed by atoms with E-state index in [0.29, 0.717) is 11.5 Å². The third-order valence-electron chi connectivity index (χ3n) is 4.52. The normalized spacial score (nSPS) is 19.9. The summed E-state index contributed by atoms with van der Waals surface area (Å²) in [5, 5.41) is 3.52. The fraction of sp³-hybridized carbons (Fsp3) is 1.00. The van der Waals surface area contributed by atoms with E-state index in [4.69, 9.17) is 4.74 Å². The first kappa shape index (κ1) is 17.9. The van der Waals surface area contributed by atoms with E-state index in [1.165, 1.54) is 25.7 Å². The molecular weight excluding hydrogens is 248 g/mol. The Labute approximate surface area is 126 Å². The van der Waals surface area contributed by atoms with Crippen molar-refractivity contribution in [3.8, 4) is 0 Å². The van der Waals surface area contributed by atoms with Gasteiger partial charge in [-0.2, -0.15) is 0 Å². The van der Waals surface area contributed by atoms with E-state index < -0.39 is 0 Å². The summed E-state index contributed by atoms with van der Waals surface area (Å²) in [4.78, 5) is 2.55. The quantitative estimate of drug-likeness (QED) is 0.658. The highest BCUT2D eigenvalue weighted by Gasteiger charge is 2.28. The van der Waals surface area contributed by atoms with E-state index in [1.807, 2.05) is 0 Å². The number of hydrogen-bond acceptors (Lipinski definition) is 3. The van der Waals surface area contributed by atoms with Crippen molar-refractivity contribution in [2.24, 2.45) is 5.41 Å². The first-order chi connectivity index (χ1) is 9.41. The monoisotopic (exact) mass is 284 g/mol. The Hall–Kier alpha value is -0.120. The van der Waals surface area contributed by atoms with Gasteiger partial charge in [0.1, 0.15) is 0 Å². The molecule has 1 rings (SSSR count). The highest BCUT2D eigenvalue weighted by Crippen LogP contribution is 2.36. The highest BCUT2D eigenvalue weighted by molar-refractivity contribution is 4.82. The van der Waals surface area contributed by atoms with Gasteiger partial charge in [-0.25, -0.2) is 0 Å². The van der Waals surface area contributed by atoms with Gasteiger partial charge in [-0.05, 0) is 65.0 Å². The molecule has 0 aromatic rings. The summed E-state index contributed by atoms with van der Waals surface area (Å²) in [7, 11) is 2.28. The molecule has 1 aliphatic rings. The largest absolute Gasteiger partial charge is 0.379 e. The summed E-state index contributed by atoms with van der Waals surface area (Å²) in [5.41, 5.74) is 0.575. The Kier molecular flexibility index (Phi) is 8.08. The molecule has 1 saturated carbocycles. The average Bonchev–Trinajstić information content (AvgIpc) is 2.37. The maximum absolute atomic E-state index is 5.53. The van der Waals surface area contributed by atoms with Crippen LogP contribution >= 0.6 is 0 Å². The zero-order valence-corrected chi connectivity index (χ0v) is 14.4. The minimum Gasteiger partial charge on any atom is -0.379 e. The minimum absolute atomic E-state index is 0.358. The lowest BCUT2D eigenvalue weighted by molar-refractivity contribution is 0.0768. The van der Waals surface area contributed by atoms with Crippen LogP contribution in [0.2, 0.25) is 0 Å². The lowest BCUT2D eigenvalue weighted by Crippen LogP contribution is -2.40. The zero-order valence-electron chi connectivity index (χ0n) is 14.4. The van der Waals surface area contributed by atoms with E-state index in [9.17, 15) is 0 Å². The Morgan fingerprint density at radius 2 is 1.85 bits per heavy atom. The molecule has 0 amide bonds. The maximum atomic E-state index is 5.53. The molecule has 0 aliphatic heterocycles. The van der Waals surface area contributed by atoms with Crippen LogP contribution in [0.3, 0.4) is 0 Å². The predicted octanol–water partition coefficient (Wildman–Crippen LogP) is 3.29. The third kappa shape index (κ3) is 7.61. The van der Waals surface area contributed by atoms with Crippen LogP contribution < -0.4 is 5.32 Å². The molecular formula is C17H36N2O. The van der Waals surface area contributed by atoms with Gasteiger partial charge in [-0.15, -0.1) is 0 Å². The molecule has 0 saturated heterocycles. The van der Waals surface area contributed by atoms with Gasteiger partial charge in [0.2, 0.25) is 0 Å². The van der Waals surface area contributed by atoms with Crippen LogP contribution in [-0.2, 0) is 4.74 Å². The molecule has 0 aromatic heterocycles. The van der Waals surface area contributed by atoms with E-state index in [0.717, 1.165) is 38.7 Å². The van der Waals surface area contributed by atoms with E-state index >= 15 is 0 Å². The summed E-state index contributed by atoms with van der Waals surface area (Å²) in [6.45, 7) is 13.2. The summed E-state index contributed by atoms with van der Waals surface area (Å²) in [6, 6.07) is 0.800. The van der Waals surface area contributed by atoms with Gasteiger partial charge in [0.05, 0.1) is 6.10 Å². The summed E-state index contributed by atoms with van der Waals surface area (Å²) in [6.07, 6.45) is 6.96. The zero-order chi connectivity index (χ0) is 15.0. The molecule has 20 heavy (non-hydrogen) atoms. The van der Waals surface area contributed by atoms with Crippen LogP contribution in [0.1, 0.15) is 59.8 Å². The molecule has 1 aliphatic carbocycles. The van der Waals surface area contributed by atoms with E-state index in [-0.39, 0.29) is 0 Å². The van der Waals surface area contributed by atoms with E-state index in [2.05, 4.69) is 45.0 Å². The number of hydrogen-bond donors (Lipinski definition) is 1. The van der Waals surface area contributed by atoms with E-state index in [1.54, 1.807) is 0 Å². The minimum atomic E-state index is 0.358. The first-order valence-corrected chi connectivity index (χ1v) is 8.43. The Morgan fingerprint density at radius 1 is 1.20 bits per heavy atom. The molecule has 1 N–H and O–H groups in total. The van der Waals surface area contributed by atoms with Gasteiger partial charge in [-0.1, -0.05) is 13.8 Å². The average molecular weight is 284 g/mol. The van der Waals surface area contributed by atoms with Crippen molar-refractivity contribution < 1.29 is 4.74 Å². The topological polar surface area (TPSA) is 24.5 Å². The van der Waals surface area contributed by atoms with Gasteiger partial charge in [0.25, 0.3) is 0 Å². The lowest BCUT2D eigenvalue weighted by atomic mass is 9.75. The predicted molar refractivity (Wildman–Crippen MR) is 87.2 cm³/mol. The highest BCUT2D eigenvalue weighted by atomic mass is 16.5. The smallest absolute Gasteiger partial charge is 0.0518 e. The second-order valence-electron chi connectivity index (χ2n) is 7.40. The first-order valence-electron chi connectivity index (χ1n) is 8.43. The second-order valence-corrected chi connectivity index (χ2v) is 7.40. The Bertz CT molecular complexity index is 243. The SMILES string of the molecule is CC(C)OCCCNCCN(C)C1CCC(C)(C)CC1. The molecule has 3 nitrogen and oxygen atoms in total. The molecule has 0 unspecified atom stereocenters. The van der Waals surface area contributed by atoms with Crippen LogP contribution in [-0.4, -0.2) is 50.3 Å². The second kappa shape index (κ2) is 9.01. The van der Waals surface area contributed by atoms with Gasteiger partial charge >= 0.3 is 0 Å². The number of nitrogens with zero attached hydrogens (tertiary/aromatic N) is 1.